The lowest BCUT2D eigenvalue weighted by molar-refractivity contribution is 0.0682. The molecule has 6 nitrogen and oxygen atoms in total. The average Bonchev–Trinajstić information content (AvgIpc) is 3.08. The predicted molar refractivity (Wildman–Crippen MR) is 121 cm³/mol. The number of carbonyl (C=O) groups excluding carboxylic acids is 1. The average molecular weight is 418 g/mol. The molecule has 0 aromatic carbocycles. The van der Waals surface area contributed by atoms with Crippen molar-refractivity contribution in [3.05, 3.63) is 24.0 Å². The molecule has 2 aromatic heterocycles. The molecule has 1 fully saturated rings. The Balaban J connectivity index is 1.77. The second-order valence-corrected chi connectivity index (χ2v) is 14.9. The summed E-state index contributed by atoms with van der Waals surface area (Å²) in [5, 5.41) is 4.64. The third kappa shape index (κ3) is 5.68. The maximum Gasteiger partial charge on any atom is 0.163 e. The van der Waals surface area contributed by atoms with E-state index < -0.39 is 8.07 Å². The summed E-state index contributed by atoms with van der Waals surface area (Å²) < 4.78 is 13.4. The number of carbonyl (C=O) groups is 1. The van der Waals surface area contributed by atoms with E-state index in [9.17, 15) is 4.79 Å². The molecule has 0 atom stereocenters. The monoisotopic (exact) mass is 417 g/mol. The quantitative estimate of drug-likeness (QED) is 0.356. The van der Waals surface area contributed by atoms with Crippen LogP contribution in [0.5, 0.6) is 0 Å². The summed E-state index contributed by atoms with van der Waals surface area (Å²) in [6, 6.07) is 3.53. The zero-order chi connectivity index (χ0) is 21.0. The van der Waals surface area contributed by atoms with Crippen LogP contribution in [-0.4, -0.2) is 49.3 Å². The topological polar surface area (TPSA) is 65.4 Å². The normalized spacial score (nSPS) is 20.2. The van der Waals surface area contributed by atoms with Crippen molar-refractivity contribution in [2.24, 2.45) is 0 Å². The van der Waals surface area contributed by atoms with Crippen LogP contribution >= 0.6 is 0 Å². The lowest BCUT2D eigenvalue weighted by atomic mass is 9.92. The molecule has 0 aliphatic heterocycles. The highest BCUT2D eigenvalue weighted by Crippen LogP contribution is 2.31. The first-order valence-electron chi connectivity index (χ1n) is 10.6. The lowest BCUT2D eigenvalue weighted by Gasteiger charge is -2.29. The molecule has 1 saturated carbocycles. The van der Waals surface area contributed by atoms with Crippen LogP contribution in [0.15, 0.2) is 18.5 Å². The minimum absolute atomic E-state index is 0.0339. The van der Waals surface area contributed by atoms with Crippen LogP contribution in [0, 0.1) is 0 Å². The highest BCUT2D eigenvalue weighted by atomic mass is 28.3. The summed E-state index contributed by atoms with van der Waals surface area (Å²) in [7, 11) is 0.684. The van der Waals surface area contributed by atoms with Crippen LogP contribution in [0.4, 0.5) is 5.69 Å². The Bertz CT molecular complexity index is 836. The van der Waals surface area contributed by atoms with E-state index in [1.54, 1.807) is 20.2 Å². The van der Waals surface area contributed by atoms with E-state index in [0.29, 0.717) is 24.4 Å². The van der Waals surface area contributed by atoms with Gasteiger partial charge in [0.25, 0.3) is 0 Å². The van der Waals surface area contributed by atoms with Crippen LogP contribution in [0.2, 0.25) is 25.7 Å². The summed E-state index contributed by atoms with van der Waals surface area (Å²) in [5.41, 5.74) is 2.42. The molecule has 0 spiro atoms. The first-order valence-corrected chi connectivity index (χ1v) is 14.3. The van der Waals surface area contributed by atoms with Gasteiger partial charge in [-0.1, -0.05) is 19.6 Å². The van der Waals surface area contributed by atoms with E-state index in [1.165, 1.54) is 0 Å². The molecule has 2 aromatic rings. The minimum atomic E-state index is -1.10. The van der Waals surface area contributed by atoms with Crippen molar-refractivity contribution in [1.82, 2.24) is 9.55 Å². The van der Waals surface area contributed by atoms with Gasteiger partial charge in [0, 0.05) is 45.6 Å². The number of Topliss-reactive ketones (excluding diaryl/α,β-unsaturated/α-hetero) is 1. The summed E-state index contributed by atoms with van der Waals surface area (Å²) in [4.78, 5) is 16.8. The van der Waals surface area contributed by atoms with Crippen molar-refractivity contribution in [2.75, 3.05) is 19.0 Å². The zero-order valence-electron chi connectivity index (χ0n) is 18.5. The SMILES string of the molecule is COC1CCC(Nc2c(C(C)=O)cnc3c2ccn3COCC[Si](C)(C)C)CC1. The highest BCUT2D eigenvalue weighted by molar-refractivity contribution is 6.76. The lowest BCUT2D eigenvalue weighted by Crippen LogP contribution is -2.29. The largest absolute Gasteiger partial charge is 0.381 e. The summed E-state index contributed by atoms with van der Waals surface area (Å²) >= 11 is 0. The molecule has 1 aliphatic rings. The number of hydrogen-bond acceptors (Lipinski definition) is 5. The number of hydrogen-bond donors (Lipinski definition) is 1. The van der Waals surface area contributed by atoms with E-state index in [2.05, 4.69) is 29.9 Å². The van der Waals surface area contributed by atoms with E-state index in [-0.39, 0.29) is 5.78 Å². The van der Waals surface area contributed by atoms with Crippen LogP contribution in [0.25, 0.3) is 11.0 Å². The van der Waals surface area contributed by atoms with E-state index in [4.69, 9.17) is 9.47 Å². The van der Waals surface area contributed by atoms with Gasteiger partial charge < -0.3 is 19.4 Å². The zero-order valence-corrected chi connectivity index (χ0v) is 19.5. The van der Waals surface area contributed by atoms with Gasteiger partial charge in [0.15, 0.2) is 5.78 Å². The number of ether oxygens (including phenoxy) is 2. The van der Waals surface area contributed by atoms with Gasteiger partial charge in [0.05, 0.1) is 17.4 Å². The Labute approximate surface area is 175 Å². The third-order valence-corrected chi connectivity index (χ3v) is 7.45. The molecule has 2 heterocycles. The molecule has 0 radical (unpaired) electrons. The molecule has 1 N–H and O–H groups in total. The Morgan fingerprint density at radius 1 is 1.28 bits per heavy atom. The molecule has 1 aliphatic carbocycles. The number of nitrogens with zero attached hydrogens (tertiary/aromatic N) is 2. The van der Waals surface area contributed by atoms with Gasteiger partial charge in [-0.3, -0.25) is 4.79 Å². The molecular formula is C22H35N3O3Si. The van der Waals surface area contributed by atoms with E-state index in [1.807, 2.05) is 16.8 Å². The number of anilines is 1. The summed E-state index contributed by atoms with van der Waals surface area (Å²) in [6.07, 6.45) is 8.23. The Morgan fingerprint density at radius 2 is 2.00 bits per heavy atom. The Hall–Kier alpha value is -1.70. The van der Waals surface area contributed by atoms with Crippen molar-refractivity contribution in [3.8, 4) is 0 Å². The minimum Gasteiger partial charge on any atom is -0.381 e. The van der Waals surface area contributed by atoms with E-state index >= 15 is 0 Å². The van der Waals surface area contributed by atoms with Crippen molar-refractivity contribution < 1.29 is 14.3 Å². The molecule has 0 amide bonds. The van der Waals surface area contributed by atoms with Gasteiger partial charge in [-0.05, 0) is 44.7 Å². The first-order chi connectivity index (χ1) is 13.8. The van der Waals surface area contributed by atoms with Gasteiger partial charge >= 0.3 is 0 Å². The highest BCUT2D eigenvalue weighted by Gasteiger charge is 2.23. The second-order valence-electron chi connectivity index (χ2n) is 9.33. The standard InChI is InChI=1S/C22H35N3O3Si/c1-16(26)20-14-23-22-19(10-11-25(22)15-28-12-13-29(3,4)5)21(20)24-17-6-8-18(27-2)9-7-17/h10-11,14,17-18H,6-9,12-13,15H2,1-5H3,(H,23,24). The molecular weight excluding hydrogens is 382 g/mol. The second kappa shape index (κ2) is 9.41. The molecule has 0 saturated heterocycles. The number of fused-ring (bicyclic) bond motifs is 1. The van der Waals surface area contributed by atoms with Crippen molar-refractivity contribution in [3.63, 3.8) is 0 Å². The Kier molecular flexibility index (Phi) is 7.13. The van der Waals surface area contributed by atoms with E-state index in [0.717, 1.165) is 55.1 Å². The number of pyridine rings is 1. The Morgan fingerprint density at radius 3 is 2.62 bits per heavy atom. The van der Waals surface area contributed by atoms with Crippen molar-refractivity contribution in [1.29, 1.82) is 0 Å². The molecule has 0 unspecified atom stereocenters. The van der Waals surface area contributed by atoms with Gasteiger partial charge in [0.2, 0.25) is 0 Å². The number of ketones is 1. The third-order valence-electron chi connectivity index (χ3n) is 5.75. The molecule has 29 heavy (non-hydrogen) atoms. The maximum atomic E-state index is 12.2. The molecule has 160 valence electrons. The fourth-order valence-corrected chi connectivity index (χ4v) is 4.61. The molecule has 3 rings (SSSR count). The van der Waals surface area contributed by atoms with Crippen LogP contribution in [0.3, 0.4) is 0 Å². The van der Waals surface area contributed by atoms with Crippen molar-refractivity contribution in [2.45, 2.75) is 77.2 Å². The molecule has 7 heteroatoms. The number of methoxy groups -OCH3 is 1. The van der Waals surface area contributed by atoms with Crippen LogP contribution in [0.1, 0.15) is 43.0 Å². The van der Waals surface area contributed by atoms with Crippen LogP contribution < -0.4 is 5.32 Å². The number of aromatic nitrogens is 2. The maximum absolute atomic E-state index is 12.2. The first kappa shape index (κ1) is 22.0. The van der Waals surface area contributed by atoms with Gasteiger partial charge in [-0.25, -0.2) is 4.98 Å². The van der Waals surface area contributed by atoms with Crippen molar-refractivity contribution >= 4 is 30.6 Å². The fourth-order valence-electron chi connectivity index (χ4n) is 3.85. The predicted octanol–water partition coefficient (Wildman–Crippen LogP) is 4.92. The van der Waals surface area contributed by atoms with Gasteiger partial charge in [0.1, 0.15) is 12.4 Å². The van der Waals surface area contributed by atoms with Gasteiger partial charge in [-0.2, -0.15) is 0 Å². The summed E-state index contributed by atoms with van der Waals surface area (Å²) in [5.74, 6) is 0.0339. The van der Waals surface area contributed by atoms with Crippen LogP contribution in [-0.2, 0) is 16.2 Å². The molecule has 0 bridgehead atoms. The number of rotatable bonds is 9. The number of nitrogens with one attached hydrogen (secondary N) is 1. The van der Waals surface area contributed by atoms with Gasteiger partial charge in [-0.15, -0.1) is 0 Å². The fraction of sp³-hybridized carbons (Fsp3) is 0.636. The summed E-state index contributed by atoms with van der Waals surface area (Å²) in [6.45, 7) is 9.92. The smallest absolute Gasteiger partial charge is 0.163 e.